The first kappa shape index (κ1) is 23.8. The maximum Gasteiger partial charge on any atom is 0.348 e. The monoisotopic (exact) mass is 476 g/mol. The van der Waals surface area contributed by atoms with Crippen LogP contribution in [0.4, 0.5) is 0 Å². The number of rotatable bonds is 9. The van der Waals surface area contributed by atoms with E-state index in [1.54, 1.807) is 13.0 Å². The van der Waals surface area contributed by atoms with Crippen LogP contribution < -0.4 is 15.0 Å². The molecular weight excluding hydrogens is 452 g/mol. The van der Waals surface area contributed by atoms with Crippen molar-refractivity contribution in [1.82, 2.24) is 9.97 Å². The molecule has 0 bridgehead atoms. The minimum atomic E-state index is -0.502. The van der Waals surface area contributed by atoms with Gasteiger partial charge in [-0.25, -0.2) is 9.78 Å². The molecule has 0 spiro atoms. The van der Waals surface area contributed by atoms with Gasteiger partial charge in [0, 0.05) is 0 Å². The lowest BCUT2D eigenvalue weighted by atomic mass is 10.1. The highest BCUT2D eigenvalue weighted by molar-refractivity contribution is 7.20. The zero-order valence-electron chi connectivity index (χ0n) is 18.4. The Labute approximate surface area is 195 Å². The van der Waals surface area contributed by atoms with E-state index < -0.39 is 5.97 Å². The zero-order chi connectivity index (χ0) is 23.3. The predicted molar refractivity (Wildman–Crippen MR) is 128 cm³/mol. The van der Waals surface area contributed by atoms with Gasteiger partial charge in [-0.15, -0.1) is 11.3 Å². The van der Waals surface area contributed by atoms with Gasteiger partial charge in [-0.3, -0.25) is 4.79 Å². The predicted octanol–water partition coefficient (Wildman–Crippen LogP) is 5.39. The number of thiophene rings is 1. The van der Waals surface area contributed by atoms with Crippen LogP contribution in [0.1, 0.15) is 53.3 Å². The number of esters is 1. The normalized spacial score (nSPS) is 11.6. The van der Waals surface area contributed by atoms with Crippen LogP contribution in [-0.2, 0) is 4.74 Å². The van der Waals surface area contributed by atoms with Gasteiger partial charge in [-0.2, -0.15) is 0 Å². The topological polar surface area (TPSA) is 90.5 Å². The summed E-state index contributed by atoms with van der Waals surface area (Å²) in [6, 6.07) is 5.52. The molecule has 2 heterocycles. The van der Waals surface area contributed by atoms with Gasteiger partial charge >= 0.3 is 5.97 Å². The number of hydrogen-bond acceptors (Lipinski definition) is 7. The second-order valence-electron chi connectivity index (χ2n) is 6.98. The smallest absolute Gasteiger partial charge is 0.348 e. The first-order valence-electron chi connectivity index (χ1n) is 10.3. The third-order valence-electron chi connectivity index (χ3n) is 4.71. The molecule has 0 saturated heterocycles. The van der Waals surface area contributed by atoms with E-state index in [0.29, 0.717) is 45.4 Å². The lowest BCUT2D eigenvalue weighted by Gasteiger charge is -2.12. The number of methoxy groups -OCH3 is 1. The Bertz CT molecular complexity index is 1220. The molecule has 0 aliphatic carbocycles. The van der Waals surface area contributed by atoms with Crippen molar-refractivity contribution < 1.29 is 19.0 Å². The number of aromatic amines is 1. The number of halogens is 1. The van der Waals surface area contributed by atoms with E-state index >= 15 is 0 Å². The minimum Gasteiger partial charge on any atom is -0.490 e. The molecule has 0 radical (unpaired) electrons. The number of aryl methyl sites for hydroxylation is 1. The molecule has 0 aliphatic heterocycles. The second kappa shape index (κ2) is 10.7. The van der Waals surface area contributed by atoms with Gasteiger partial charge in [-0.05, 0) is 49.6 Å². The third kappa shape index (κ3) is 5.14. The van der Waals surface area contributed by atoms with Crippen molar-refractivity contribution in [2.75, 3.05) is 20.3 Å². The Morgan fingerprint density at radius 3 is 2.72 bits per heavy atom. The Morgan fingerprint density at radius 1 is 1.25 bits per heavy atom. The lowest BCUT2D eigenvalue weighted by molar-refractivity contribution is 0.0605. The number of ether oxygens (including phenoxy) is 3. The van der Waals surface area contributed by atoms with Crippen molar-refractivity contribution in [2.45, 2.75) is 33.6 Å². The zero-order valence-corrected chi connectivity index (χ0v) is 20.0. The van der Waals surface area contributed by atoms with Gasteiger partial charge in [0.05, 0.1) is 30.7 Å². The first-order chi connectivity index (χ1) is 15.4. The van der Waals surface area contributed by atoms with E-state index in [9.17, 15) is 9.59 Å². The molecule has 3 aromatic rings. The fraction of sp³-hybridized carbons (Fsp3) is 0.348. The molecule has 9 heteroatoms. The number of carbonyl (C=O) groups excluding carboxylic acids is 1. The van der Waals surface area contributed by atoms with Gasteiger partial charge < -0.3 is 19.2 Å². The quantitative estimate of drug-likeness (QED) is 0.328. The van der Waals surface area contributed by atoms with Crippen LogP contribution in [0.5, 0.6) is 11.5 Å². The molecule has 0 atom stereocenters. The van der Waals surface area contributed by atoms with Gasteiger partial charge in [-0.1, -0.05) is 31.0 Å². The van der Waals surface area contributed by atoms with E-state index in [4.69, 9.17) is 25.8 Å². The van der Waals surface area contributed by atoms with E-state index in [0.717, 1.165) is 29.7 Å². The maximum absolute atomic E-state index is 12.6. The van der Waals surface area contributed by atoms with Crippen molar-refractivity contribution in [3.8, 4) is 11.5 Å². The van der Waals surface area contributed by atoms with Gasteiger partial charge in [0.2, 0.25) is 0 Å². The molecule has 170 valence electrons. The Hall–Kier alpha value is -2.84. The number of aromatic nitrogens is 2. The summed E-state index contributed by atoms with van der Waals surface area (Å²) in [5.41, 5.74) is 0.939. The van der Waals surface area contributed by atoms with E-state index in [2.05, 4.69) is 16.9 Å². The van der Waals surface area contributed by atoms with Crippen molar-refractivity contribution in [1.29, 1.82) is 0 Å². The van der Waals surface area contributed by atoms with E-state index in [1.807, 2.05) is 25.1 Å². The molecule has 0 aliphatic rings. The summed E-state index contributed by atoms with van der Waals surface area (Å²) >= 11 is 7.59. The molecule has 2 aromatic heterocycles. The molecule has 0 unspecified atom stereocenters. The van der Waals surface area contributed by atoms with Crippen molar-refractivity contribution in [2.24, 2.45) is 0 Å². The minimum absolute atomic E-state index is 0.211. The average Bonchev–Trinajstić information content (AvgIpc) is 3.11. The number of nitrogens with zero attached hydrogens (tertiary/aromatic N) is 1. The Kier molecular flexibility index (Phi) is 7.93. The highest BCUT2D eigenvalue weighted by Gasteiger charge is 2.20. The Balaban J connectivity index is 1.96. The lowest BCUT2D eigenvalue weighted by Crippen LogP contribution is -2.10. The van der Waals surface area contributed by atoms with Crippen LogP contribution in [0, 0.1) is 6.92 Å². The number of benzene rings is 1. The number of unbranched alkanes of at least 4 members (excludes halogenated alkanes) is 1. The fourth-order valence-electron chi connectivity index (χ4n) is 3.09. The van der Waals surface area contributed by atoms with Gasteiger partial charge in [0.15, 0.2) is 17.3 Å². The molecule has 7 nitrogen and oxygen atoms in total. The molecule has 32 heavy (non-hydrogen) atoms. The standard InChI is InChI=1S/C23H25ClN2O5S/c1-5-7-10-31-16-9-8-14(12-17(16)30-6-2)11-15(24)20-25-21(27)18-13(3)19(23(28)29-4)32-22(18)26-20/h8-9,11-12H,5-7,10H2,1-4H3,(H,25,26,27)/b15-11-. The van der Waals surface area contributed by atoms with Crippen molar-refractivity contribution >= 4 is 50.2 Å². The number of hydrogen-bond donors (Lipinski definition) is 1. The summed E-state index contributed by atoms with van der Waals surface area (Å²) in [5.74, 6) is 1.00. The summed E-state index contributed by atoms with van der Waals surface area (Å²) in [7, 11) is 1.30. The van der Waals surface area contributed by atoms with Crippen LogP contribution >= 0.6 is 22.9 Å². The number of H-pyrrole nitrogens is 1. The second-order valence-corrected chi connectivity index (χ2v) is 8.38. The highest BCUT2D eigenvalue weighted by atomic mass is 35.5. The summed E-state index contributed by atoms with van der Waals surface area (Å²) in [5, 5.41) is 0.604. The van der Waals surface area contributed by atoms with Crippen LogP contribution in [-0.4, -0.2) is 36.3 Å². The van der Waals surface area contributed by atoms with Crippen LogP contribution in [0.3, 0.4) is 0 Å². The number of fused-ring (bicyclic) bond motifs is 1. The maximum atomic E-state index is 12.6. The van der Waals surface area contributed by atoms with Gasteiger partial charge in [0.1, 0.15) is 9.71 Å². The van der Waals surface area contributed by atoms with Crippen LogP contribution in [0.25, 0.3) is 21.3 Å². The third-order valence-corrected chi connectivity index (χ3v) is 6.17. The van der Waals surface area contributed by atoms with Crippen molar-refractivity contribution in [3.63, 3.8) is 0 Å². The molecular formula is C23H25ClN2O5S. The Morgan fingerprint density at radius 2 is 2.03 bits per heavy atom. The first-order valence-corrected chi connectivity index (χ1v) is 11.5. The molecule has 0 amide bonds. The summed E-state index contributed by atoms with van der Waals surface area (Å²) in [4.78, 5) is 32.5. The van der Waals surface area contributed by atoms with Crippen LogP contribution in [0.15, 0.2) is 23.0 Å². The fourth-order valence-corrected chi connectivity index (χ4v) is 4.40. The van der Waals surface area contributed by atoms with E-state index in [1.165, 1.54) is 7.11 Å². The molecule has 1 aromatic carbocycles. The highest BCUT2D eigenvalue weighted by Crippen LogP contribution is 2.32. The summed E-state index contributed by atoms with van der Waals surface area (Å²) in [6.07, 6.45) is 3.69. The van der Waals surface area contributed by atoms with Gasteiger partial charge in [0.25, 0.3) is 5.56 Å². The molecule has 1 N–H and O–H groups in total. The molecule has 3 rings (SSSR count). The summed E-state index contributed by atoms with van der Waals surface area (Å²) in [6.45, 7) is 6.81. The number of carbonyl (C=O) groups is 1. The van der Waals surface area contributed by atoms with E-state index in [-0.39, 0.29) is 16.4 Å². The molecule has 0 saturated carbocycles. The summed E-state index contributed by atoms with van der Waals surface area (Å²) < 4.78 is 16.3. The van der Waals surface area contributed by atoms with Crippen LogP contribution in [0.2, 0.25) is 0 Å². The largest absolute Gasteiger partial charge is 0.490 e. The van der Waals surface area contributed by atoms with Crippen molar-refractivity contribution in [3.05, 3.63) is 50.4 Å². The number of nitrogens with one attached hydrogen (secondary N) is 1. The average molecular weight is 477 g/mol. The molecule has 0 fully saturated rings. The SMILES string of the molecule is CCCCOc1ccc(/C=C(\Cl)c2nc3sc(C(=O)OC)c(C)c3c(=O)[nH]2)cc1OCC.